The van der Waals surface area contributed by atoms with Gasteiger partial charge in [0, 0.05) is 18.7 Å². The van der Waals surface area contributed by atoms with Crippen LogP contribution in [0, 0.1) is 6.92 Å². The van der Waals surface area contributed by atoms with Gasteiger partial charge >= 0.3 is 12.0 Å². The lowest BCUT2D eigenvalue weighted by atomic mass is 10.2. The van der Waals surface area contributed by atoms with Crippen molar-refractivity contribution in [3.8, 4) is 0 Å². The van der Waals surface area contributed by atoms with Crippen LogP contribution in [0.2, 0.25) is 0 Å². The molecule has 2 amide bonds. The Morgan fingerprint density at radius 1 is 1.39 bits per heavy atom. The molecule has 1 fully saturated rings. The van der Waals surface area contributed by atoms with Gasteiger partial charge in [-0.3, -0.25) is 10.4 Å². The molecule has 0 radical (unpaired) electrons. The Labute approximate surface area is 104 Å². The van der Waals surface area contributed by atoms with Gasteiger partial charge in [-0.15, -0.1) is 0 Å². The molecule has 1 aromatic heterocycles. The standard InChI is InChI=1S/C11H16N4O3/c1-7-8(10(16)18-2)13-14-9(7)12-11(17)15-5-3-4-6-15/h3-6H2,1-2H3,(H2,12,13,14,17). The third kappa shape index (κ3) is 2.29. The van der Waals surface area contributed by atoms with Crippen LogP contribution in [0.1, 0.15) is 28.9 Å². The van der Waals surface area contributed by atoms with Gasteiger partial charge in [0.25, 0.3) is 0 Å². The highest BCUT2D eigenvalue weighted by molar-refractivity contribution is 5.94. The number of carbonyl (C=O) groups excluding carboxylic acids is 2. The van der Waals surface area contributed by atoms with E-state index in [1.165, 1.54) is 7.11 Å². The van der Waals surface area contributed by atoms with Crippen LogP contribution in [0.15, 0.2) is 0 Å². The summed E-state index contributed by atoms with van der Waals surface area (Å²) >= 11 is 0. The average molecular weight is 252 g/mol. The van der Waals surface area contributed by atoms with Gasteiger partial charge in [0.05, 0.1) is 7.11 Å². The first-order valence-corrected chi connectivity index (χ1v) is 5.82. The Morgan fingerprint density at radius 2 is 2.06 bits per heavy atom. The molecule has 2 heterocycles. The average Bonchev–Trinajstić information content (AvgIpc) is 3.00. The molecular weight excluding hydrogens is 236 g/mol. The number of methoxy groups -OCH3 is 1. The normalized spacial score (nSPS) is 14.7. The number of urea groups is 1. The van der Waals surface area contributed by atoms with E-state index in [0.717, 1.165) is 25.9 Å². The highest BCUT2D eigenvalue weighted by Gasteiger charge is 2.21. The summed E-state index contributed by atoms with van der Waals surface area (Å²) in [5, 5.41) is 9.16. The van der Waals surface area contributed by atoms with Crippen molar-refractivity contribution in [1.29, 1.82) is 0 Å². The number of carbonyl (C=O) groups is 2. The molecular formula is C11H16N4O3. The van der Waals surface area contributed by atoms with Crippen LogP contribution >= 0.6 is 0 Å². The summed E-state index contributed by atoms with van der Waals surface area (Å²) < 4.78 is 4.60. The zero-order chi connectivity index (χ0) is 13.1. The fourth-order valence-electron chi connectivity index (χ4n) is 1.92. The predicted octanol–water partition coefficient (Wildman–Crippen LogP) is 1.13. The van der Waals surface area contributed by atoms with E-state index in [1.54, 1.807) is 11.8 Å². The molecule has 2 N–H and O–H groups in total. The Bertz CT molecular complexity index is 463. The van der Waals surface area contributed by atoms with Gasteiger partial charge in [-0.2, -0.15) is 5.10 Å². The number of likely N-dealkylation sites (tertiary alicyclic amines) is 1. The second kappa shape index (κ2) is 5.07. The van der Waals surface area contributed by atoms with Crippen molar-refractivity contribution in [2.45, 2.75) is 19.8 Å². The molecule has 1 aliphatic rings. The molecule has 0 saturated carbocycles. The fourth-order valence-corrected chi connectivity index (χ4v) is 1.92. The second-order valence-electron chi connectivity index (χ2n) is 4.19. The number of H-pyrrole nitrogens is 1. The van der Waals surface area contributed by atoms with E-state index in [4.69, 9.17) is 0 Å². The Kier molecular flexibility index (Phi) is 3.50. The maximum Gasteiger partial charge on any atom is 0.356 e. The van der Waals surface area contributed by atoms with Crippen LogP contribution < -0.4 is 5.32 Å². The molecule has 0 atom stereocenters. The summed E-state index contributed by atoms with van der Waals surface area (Å²) in [7, 11) is 1.30. The molecule has 1 aliphatic heterocycles. The zero-order valence-electron chi connectivity index (χ0n) is 10.4. The quantitative estimate of drug-likeness (QED) is 0.772. The smallest absolute Gasteiger partial charge is 0.356 e. The zero-order valence-corrected chi connectivity index (χ0v) is 10.4. The van der Waals surface area contributed by atoms with Gasteiger partial charge in [0.1, 0.15) is 5.69 Å². The predicted molar refractivity (Wildman–Crippen MR) is 64.5 cm³/mol. The second-order valence-corrected chi connectivity index (χ2v) is 4.19. The lowest BCUT2D eigenvalue weighted by Crippen LogP contribution is -2.32. The van der Waals surface area contributed by atoms with Crippen molar-refractivity contribution < 1.29 is 14.3 Å². The van der Waals surface area contributed by atoms with Crippen LogP contribution in [0.25, 0.3) is 0 Å². The molecule has 7 nitrogen and oxygen atoms in total. The molecule has 1 saturated heterocycles. The van der Waals surface area contributed by atoms with Crippen LogP contribution in [0.5, 0.6) is 0 Å². The van der Waals surface area contributed by atoms with E-state index < -0.39 is 5.97 Å². The molecule has 1 aromatic rings. The van der Waals surface area contributed by atoms with E-state index in [2.05, 4.69) is 20.3 Å². The van der Waals surface area contributed by atoms with Gasteiger partial charge in [-0.05, 0) is 19.8 Å². The topological polar surface area (TPSA) is 87.3 Å². The van der Waals surface area contributed by atoms with Crippen molar-refractivity contribution >= 4 is 17.8 Å². The number of hydrogen-bond acceptors (Lipinski definition) is 4. The summed E-state index contributed by atoms with van der Waals surface area (Å²) in [5.41, 5.74) is 0.837. The van der Waals surface area contributed by atoms with E-state index in [1.807, 2.05) is 0 Å². The molecule has 0 aliphatic carbocycles. The number of ether oxygens (including phenoxy) is 1. The molecule has 0 aromatic carbocycles. The van der Waals surface area contributed by atoms with Crippen LogP contribution in [-0.2, 0) is 4.74 Å². The first-order valence-electron chi connectivity index (χ1n) is 5.82. The van der Waals surface area contributed by atoms with Gasteiger partial charge in [-0.25, -0.2) is 9.59 Å². The summed E-state index contributed by atoms with van der Waals surface area (Å²) in [6.45, 7) is 3.23. The SMILES string of the molecule is COC(=O)c1[nH]nc(NC(=O)N2CCCC2)c1C. The first-order chi connectivity index (χ1) is 8.63. The molecule has 98 valence electrons. The summed E-state index contributed by atoms with van der Waals surface area (Å²) in [5.74, 6) is -0.131. The maximum atomic E-state index is 11.9. The van der Waals surface area contributed by atoms with Crippen molar-refractivity contribution in [2.75, 3.05) is 25.5 Å². The number of esters is 1. The number of nitrogens with zero attached hydrogens (tertiary/aromatic N) is 2. The number of anilines is 1. The van der Waals surface area contributed by atoms with Gasteiger partial charge in [0.2, 0.25) is 0 Å². The molecule has 0 unspecified atom stereocenters. The minimum atomic E-state index is -0.498. The van der Waals surface area contributed by atoms with Crippen molar-refractivity contribution in [3.63, 3.8) is 0 Å². The highest BCUT2D eigenvalue weighted by atomic mass is 16.5. The summed E-state index contributed by atoms with van der Waals surface area (Å²) in [6.07, 6.45) is 2.06. The molecule has 18 heavy (non-hydrogen) atoms. The number of rotatable bonds is 2. The lowest BCUT2D eigenvalue weighted by Gasteiger charge is -2.15. The number of aromatic amines is 1. The molecule has 7 heteroatoms. The third-order valence-electron chi connectivity index (χ3n) is 3.02. The van der Waals surface area contributed by atoms with Crippen LogP contribution in [0.4, 0.5) is 10.6 Å². The fraction of sp³-hybridized carbons (Fsp3) is 0.545. The van der Waals surface area contributed by atoms with Crippen molar-refractivity contribution in [2.24, 2.45) is 0 Å². The molecule has 0 spiro atoms. The number of aromatic nitrogens is 2. The Morgan fingerprint density at radius 3 is 2.67 bits per heavy atom. The lowest BCUT2D eigenvalue weighted by molar-refractivity contribution is 0.0593. The van der Waals surface area contributed by atoms with Gasteiger partial charge < -0.3 is 9.64 Å². The number of nitrogens with one attached hydrogen (secondary N) is 2. The molecule has 2 rings (SSSR count). The minimum absolute atomic E-state index is 0.182. The van der Waals surface area contributed by atoms with Crippen LogP contribution in [-0.4, -0.2) is 47.3 Å². The van der Waals surface area contributed by atoms with Gasteiger partial charge in [0.15, 0.2) is 5.82 Å². The van der Waals surface area contributed by atoms with E-state index in [-0.39, 0.29) is 11.7 Å². The Balaban J connectivity index is 2.07. The largest absolute Gasteiger partial charge is 0.464 e. The van der Waals surface area contributed by atoms with Gasteiger partial charge in [-0.1, -0.05) is 0 Å². The van der Waals surface area contributed by atoms with E-state index in [9.17, 15) is 9.59 Å². The summed E-state index contributed by atoms with van der Waals surface area (Å²) in [6, 6.07) is -0.182. The summed E-state index contributed by atoms with van der Waals surface area (Å²) in [4.78, 5) is 25.0. The maximum absolute atomic E-state index is 11.9. The monoisotopic (exact) mass is 252 g/mol. The third-order valence-corrected chi connectivity index (χ3v) is 3.02. The minimum Gasteiger partial charge on any atom is -0.464 e. The highest BCUT2D eigenvalue weighted by Crippen LogP contribution is 2.17. The molecule has 0 bridgehead atoms. The number of amides is 2. The van der Waals surface area contributed by atoms with Crippen molar-refractivity contribution in [1.82, 2.24) is 15.1 Å². The van der Waals surface area contributed by atoms with Crippen molar-refractivity contribution in [3.05, 3.63) is 11.3 Å². The first kappa shape index (κ1) is 12.4. The van der Waals surface area contributed by atoms with E-state index in [0.29, 0.717) is 11.4 Å². The van der Waals surface area contributed by atoms with Crippen LogP contribution in [0.3, 0.4) is 0 Å². The number of hydrogen-bond donors (Lipinski definition) is 2. The Hall–Kier alpha value is -2.05. The van der Waals surface area contributed by atoms with E-state index >= 15 is 0 Å².